The molecule has 0 aliphatic rings. The monoisotopic (exact) mass is 270 g/mol. The zero-order chi connectivity index (χ0) is 13.7. The van der Waals surface area contributed by atoms with Crippen LogP contribution in [-0.2, 0) is 4.84 Å². The van der Waals surface area contributed by atoms with E-state index in [0.717, 1.165) is 11.1 Å². The van der Waals surface area contributed by atoms with Crippen molar-refractivity contribution in [3.05, 3.63) is 57.3 Å². The molecule has 0 N–H and O–H groups in total. The Hall–Kier alpha value is -2.45. The molecule has 94 valence electrons. The van der Waals surface area contributed by atoms with Crippen LogP contribution in [0.5, 0.6) is 0 Å². The summed E-state index contributed by atoms with van der Waals surface area (Å²) in [5.41, 5.74) is 2.35. The maximum atomic E-state index is 11.6. The Morgan fingerprint density at radius 3 is 2.74 bits per heavy atom. The SMILES string of the molecule is Cc1csc(C(=O)O/N=C\c2ccc(C#N)cc2)c1. The molecular weight excluding hydrogens is 260 g/mol. The zero-order valence-corrected chi connectivity index (χ0v) is 11.0. The van der Waals surface area contributed by atoms with Crippen molar-refractivity contribution in [1.29, 1.82) is 5.26 Å². The largest absolute Gasteiger partial charge is 0.375 e. The van der Waals surface area contributed by atoms with Crippen LogP contribution in [0.4, 0.5) is 0 Å². The number of aryl methyl sites for hydroxylation is 1. The molecule has 2 rings (SSSR count). The standard InChI is InChI=1S/C14H10N2O2S/c1-10-6-13(19-9-10)14(17)18-16-8-12-4-2-11(7-15)3-5-12/h2-6,8-9H,1H3/b16-8-. The first-order chi connectivity index (χ1) is 9.19. The van der Waals surface area contributed by atoms with Gasteiger partial charge in [0.15, 0.2) is 0 Å². The Kier molecular flexibility index (Phi) is 4.06. The summed E-state index contributed by atoms with van der Waals surface area (Å²) in [4.78, 5) is 16.9. The Morgan fingerprint density at radius 1 is 1.42 bits per heavy atom. The van der Waals surface area contributed by atoms with E-state index in [4.69, 9.17) is 10.1 Å². The smallest absolute Gasteiger partial charge is 0.312 e. The molecule has 0 spiro atoms. The quantitative estimate of drug-likeness (QED) is 0.489. The van der Waals surface area contributed by atoms with Crippen molar-refractivity contribution in [2.45, 2.75) is 6.92 Å². The fraction of sp³-hybridized carbons (Fsp3) is 0.0714. The summed E-state index contributed by atoms with van der Waals surface area (Å²) in [6, 6.07) is 10.6. The van der Waals surface area contributed by atoms with Gasteiger partial charge in [-0.1, -0.05) is 17.3 Å². The van der Waals surface area contributed by atoms with Crippen molar-refractivity contribution < 1.29 is 9.63 Å². The summed E-state index contributed by atoms with van der Waals surface area (Å²) in [7, 11) is 0. The van der Waals surface area contributed by atoms with Crippen LogP contribution >= 0.6 is 11.3 Å². The number of hydrogen-bond donors (Lipinski definition) is 0. The van der Waals surface area contributed by atoms with Gasteiger partial charge in [-0.3, -0.25) is 0 Å². The van der Waals surface area contributed by atoms with E-state index in [1.807, 2.05) is 18.4 Å². The van der Waals surface area contributed by atoms with Gasteiger partial charge < -0.3 is 4.84 Å². The van der Waals surface area contributed by atoms with E-state index >= 15 is 0 Å². The molecule has 0 fully saturated rings. The first-order valence-corrected chi connectivity index (χ1v) is 6.37. The third kappa shape index (κ3) is 3.50. The van der Waals surface area contributed by atoms with Crippen LogP contribution in [0.15, 0.2) is 40.9 Å². The highest BCUT2D eigenvalue weighted by Gasteiger charge is 2.08. The van der Waals surface area contributed by atoms with Gasteiger partial charge in [0.25, 0.3) is 0 Å². The van der Waals surface area contributed by atoms with E-state index in [1.54, 1.807) is 30.3 Å². The molecule has 2 aromatic rings. The molecule has 0 aliphatic carbocycles. The Labute approximate surface area is 114 Å². The molecule has 0 atom stereocenters. The molecule has 0 bridgehead atoms. The van der Waals surface area contributed by atoms with Crippen molar-refractivity contribution in [1.82, 2.24) is 0 Å². The minimum absolute atomic E-state index is 0.469. The Bertz CT molecular complexity index is 651. The fourth-order valence-electron chi connectivity index (χ4n) is 1.36. The predicted molar refractivity (Wildman–Crippen MR) is 73.2 cm³/mol. The van der Waals surface area contributed by atoms with Gasteiger partial charge in [-0.25, -0.2) is 4.79 Å². The van der Waals surface area contributed by atoms with Gasteiger partial charge in [0.1, 0.15) is 4.88 Å². The van der Waals surface area contributed by atoms with E-state index in [1.165, 1.54) is 17.6 Å². The zero-order valence-electron chi connectivity index (χ0n) is 10.2. The number of nitrogens with zero attached hydrogens (tertiary/aromatic N) is 2. The minimum Gasteiger partial charge on any atom is -0.312 e. The third-order valence-corrected chi connectivity index (χ3v) is 3.34. The average molecular weight is 270 g/mol. The lowest BCUT2D eigenvalue weighted by atomic mass is 10.2. The summed E-state index contributed by atoms with van der Waals surface area (Å²) in [5.74, 6) is -0.469. The lowest BCUT2D eigenvalue weighted by Gasteiger charge is -1.94. The molecule has 1 aromatic heterocycles. The van der Waals surface area contributed by atoms with Gasteiger partial charge in [-0.05, 0) is 41.6 Å². The van der Waals surface area contributed by atoms with Crippen molar-refractivity contribution in [2.24, 2.45) is 5.16 Å². The second kappa shape index (κ2) is 5.94. The van der Waals surface area contributed by atoms with Crippen molar-refractivity contribution in [2.75, 3.05) is 0 Å². The van der Waals surface area contributed by atoms with Crippen LogP contribution in [0.3, 0.4) is 0 Å². The second-order valence-corrected chi connectivity index (χ2v) is 4.75. The molecule has 1 heterocycles. The number of carbonyl (C=O) groups excluding carboxylic acids is 1. The molecule has 0 aliphatic heterocycles. The van der Waals surface area contributed by atoms with Crippen molar-refractivity contribution >= 4 is 23.5 Å². The average Bonchev–Trinajstić information content (AvgIpc) is 2.86. The normalized spacial score (nSPS) is 10.3. The number of rotatable bonds is 3. The molecule has 0 saturated heterocycles. The number of carbonyl (C=O) groups is 1. The molecule has 0 amide bonds. The summed E-state index contributed by atoms with van der Waals surface area (Å²) in [5, 5.41) is 14.2. The molecule has 0 saturated carbocycles. The highest BCUT2D eigenvalue weighted by Crippen LogP contribution is 2.14. The molecule has 1 aromatic carbocycles. The van der Waals surface area contributed by atoms with Crippen molar-refractivity contribution in [3.63, 3.8) is 0 Å². The van der Waals surface area contributed by atoms with E-state index in [9.17, 15) is 4.79 Å². The van der Waals surface area contributed by atoms with Gasteiger partial charge in [0.05, 0.1) is 17.8 Å². The van der Waals surface area contributed by atoms with Crippen LogP contribution in [0, 0.1) is 18.3 Å². The Morgan fingerprint density at radius 2 is 2.16 bits per heavy atom. The molecular formula is C14H10N2O2S. The first kappa shape index (κ1) is 13.0. The molecule has 5 heteroatoms. The van der Waals surface area contributed by atoms with Crippen LogP contribution in [0.1, 0.15) is 26.4 Å². The van der Waals surface area contributed by atoms with Gasteiger partial charge >= 0.3 is 5.97 Å². The maximum Gasteiger partial charge on any atom is 0.375 e. The fourth-order valence-corrected chi connectivity index (χ4v) is 2.13. The van der Waals surface area contributed by atoms with Gasteiger partial charge in [-0.2, -0.15) is 5.26 Å². The maximum absolute atomic E-state index is 11.6. The number of nitriles is 1. The number of hydrogen-bond acceptors (Lipinski definition) is 5. The van der Waals surface area contributed by atoms with Crippen LogP contribution in [0.25, 0.3) is 0 Å². The van der Waals surface area contributed by atoms with Crippen LogP contribution < -0.4 is 0 Å². The van der Waals surface area contributed by atoms with Gasteiger partial charge in [0.2, 0.25) is 0 Å². The summed E-state index contributed by atoms with van der Waals surface area (Å²) in [6.07, 6.45) is 1.43. The summed E-state index contributed by atoms with van der Waals surface area (Å²) in [6.45, 7) is 1.91. The molecule has 4 nitrogen and oxygen atoms in total. The van der Waals surface area contributed by atoms with E-state index < -0.39 is 5.97 Å². The first-order valence-electron chi connectivity index (χ1n) is 5.49. The highest BCUT2D eigenvalue weighted by molar-refractivity contribution is 7.12. The second-order valence-electron chi connectivity index (χ2n) is 3.84. The lowest BCUT2D eigenvalue weighted by molar-refractivity contribution is 0.0525. The molecule has 0 unspecified atom stereocenters. The van der Waals surface area contributed by atoms with E-state index in [2.05, 4.69) is 5.16 Å². The summed E-state index contributed by atoms with van der Waals surface area (Å²) >= 11 is 1.32. The predicted octanol–water partition coefficient (Wildman–Crippen LogP) is 3.12. The van der Waals surface area contributed by atoms with Gasteiger partial charge in [-0.15, -0.1) is 11.3 Å². The molecule has 19 heavy (non-hydrogen) atoms. The van der Waals surface area contributed by atoms with Crippen LogP contribution in [0.2, 0.25) is 0 Å². The minimum atomic E-state index is -0.469. The highest BCUT2D eigenvalue weighted by atomic mass is 32.1. The number of thiophene rings is 1. The van der Waals surface area contributed by atoms with Gasteiger partial charge in [0, 0.05) is 0 Å². The molecule has 0 radical (unpaired) electrons. The van der Waals surface area contributed by atoms with E-state index in [-0.39, 0.29) is 0 Å². The van der Waals surface area contributed by atoms with E-state index in [0.29, 0.717) is 10.4 Å². The van der Waals surface area contributed by atoms with Crippen LogP contribution in [-0.4, -0.2) is 12.2 Å². The number of benzene rings is 1. The number of oxime groups is 1. The topological polar surface area (TPSA) is 62.4 Å². The summed E-state index contributed by atoms with van der Waals surface area (Å²) < 4.78 is 0. The third-order valence-electron chi connectivity index (χ3n) is 2.31. The lowest BCUT2D eigenvalue weighted by Crippen LogP contribution is -1.97. The van der Waals surface area contributed by atoms with Crippen molar-refractivity contribution in [3.8, 4) is 6.07 Å². The Balaban J connectivity index is 1.96.